The molecule has 0 aliphatic heterocycles. The molecular formula is C19H29N3O2S. The van der Waals surface area contributed by atoms with Gasteiger partial charge in [0.15, 0.2) is 0 Å². The molecule has 0 spiro atoms. The highest BCUT2D eigenvalue weighted by Gasteiger charge is 2.36. The number of nitrogens with zero attached hydrogens (tertiary/aromatic N) is 3. The van der Waals surface area contributed by atoms with Crippen molar-refractivity contribution in [2.75, 3.05) is 0 Å². The van der Waals surface area contributed by atoms with E-state index < -0.39 is 10.0 Å². The maximum Gasteiger partial charge on any atom is 0.246 e. The molecule has 0 aliphatic rings. The Bertz CT molecular complexity index is 808. The average molecular weight is 364 g/mol. The monoisotopic (exact) mass is 363 g/mol. The maximum atomic E-state index is 13.4. The summed E-state index contributed by atoms with van der Waals surface area (Å²) in [5.41, 5.74) is 1.04. The Morgan fingerprint density at radius 1 is 1.00 bits per heavy atom. The summed E-state index contributed by atoms with van der Waals surface area (Å²) in [5, 5.41) is 4.63. The van der Waals surface area contributed by atoms with Crippen LogP contribution in [-0.2, 0) is 15.4 Å². The second-order valence-corrected chi connectivity index (χ2v) is 9.71. The smallest absolute Gasteiger partial charge is 0.239 e. The Morgan fingerprint density at radius 3 is 1.96 bits per heavy atom. The van der Waals surface area contributed by atoms with E-state index in [4.69, 9.17) is 0 Å². The molecule has 1 heterocycles. The van der Waals surface area contributed by atoms with Gasteiger partial charge in [0.25, 0.3) is 0 Å². The zero-order chi connectivity index (χ0) is 19.0. The molecule has 0 aliphatic carbocycles. The lowest BCUT2D eigenvalue weighted by Gasteiger charge is -2.30. The van der Waals surface area contributed by atoms with Gasteiger partial charge in [0.05, 0.1) is 17.6 Å². The van der Waals surface area contributed by atoms with Crippen molar-refractivity contribution >= 4 is 10.0 Å². The van der Waals surface area contributed by atoms with Crippen molar-refractivity contribution in [1.29, 1.82) is 0 Å². The molecule has 0 atom stereocenters. The summed E-state index contributed by atoms with van der Waals surface area (Å²) in [6.45, 7) is 13.5. The first-order chi connectivity index (χ1) is 11.5. The summed E-state index contributed by atoms with van der Waals surface area (Å²) in [6, 6.07) is 9.33. The van der Waals surface area contributed by atoms with Crippen LogP contribution in [0.3, 0.4) is 0 Å². The summed E-state index contributed by atoms with van der Waals surface area (Å²) in [4.78, 5) is 0.284. The van der Waals surface area contributed by atoms with Crippen LogP contribution >= 0.6 is 0 Å². The number of sulfonamides is 1. The molecule has 0 saturated heterocycles. The SMILES string of the molecule is CC(C)N(C(C)C)S(=O)(=O)c1cn(-c2ccccc2)nc1C(C)(C)C. The van der Waals surface area contributed by atoms with E-state index in [9.17, 15) is 8.42 Å². The third-order valence-electron chi connectivity index (χ3n) is 3.99. The Labute approximate surface area is 151 Å². The molecule has 2 aromatic rings. The van der Waals surface area contributed by atoms with Crippen molar-refractivity contribution in [3.8, 4) is 5.69 Å². The molecule has 0 bridgehead atoms. The van der Waals surface area contributed by atoms with Crippen LogP contribution in [0, 0.1) is 0 Å². The Hall–Kier alpha value is -1.66. The molecule has 5 nitrogen and oxygen atoms in total. The van der Waals surface area contributed by atoms with Gasteiger partial charge in [-0.1, -0.05) is 39.0 Å². The minimum Gasteiger partial charge on any atom is -0.239 e. The minimum atomic E-state index is -3.65. The predicted molar refractivity (Wildman–Crippen MR) is 102 cm³/mol. The van der Waals surface area contributed by atoms with Crippen LogP contribution in [0.1, 0.15) is 54.2 Å². The van der Waals surface area contributed by atoms with E-state index in [1.807, 2.05) is 78.8 Å². The van der Waals surface area contributed by atoms with E-state index in [-0.39, 0.29) is 22.4 Å². The molecule has 0 radical (unpaired) electrons. The van der Waals surface area contributed by atoms with Gasteiger partial charge < -0.3 is 0 Å². The van der Waals surface area contributed by atoms with Gasteiger partial charge in [0.2, 0.25) is 10.0 Å². The van der Waals surface area contributed by atoms with Gasteiger partial charge in [-0.3, -0.25) is 0 Å². The zero-order valence-corrected chi connectivity index (χ0v) is 17.0. The zero-order valence-electron chi connectivity index (χ0n) is 16.2. The van der Waals surface area contributed by atoms with Gasteiger partial charge in [-0.05, 0) is 39.8 Å². The highest BCUT2D eigenvalue weighted by atomic mass is 32.2. The number of rotatable bonds is 5. The fourth-order valence-corrected chi connectivity index (χ4v) is 5.21. The van der Waals surface area contributed by atoms with Crippen LogP contribution < -0.4 is 0 Å². The Morgan fingerprint density at radius 2 is 1.52 bits per heavy atom. The predicted octanol–water partition coefficient (Wildman–Crippen LogP) is 3.98. The molecule has 2 rings (SSSR count). The Kier molecular flexibility index (Phi) is 5.44. The first-order valence-electron chi connectivity index (χ1n) is 8.65. The van der Waals surface area contributed by atoms with Crippen molar-refractivity contribution in [3.05, 3.63) is 42.2 Å². The second-order valence-electron chi connectivity index (χ2n) is 7.89. The lowest BCUT2D eigenvalue weighted by atomic mass is 9.92. The fraction of sp³-hybridized carbons (Fsp3) is 0.526. The lowest BCUT2D eigenvalue weighted by molar-refractivity contribution is 0.301. The summed E-state index contributed by atoms with van der Waals surface area (Å²) < 4.78 is 30.0. The average Bonchev–Trinajstić information content (AvgIpc) is 2.93. The van der Waals surface area contributed by atoms with Crippen molar-refractivity contribution in [1.82, 2.24) is 14.1 Å². The topological polar surface area (TPSA) is 55.2 Å². The lowest BCUT2D eigenvalue weighted by Crippen LogP contribution is -2.42. The van der Waals surface area contributed by atoms with Crippen LogP contribution in [0.5, 0.6) is 0 Å². The van der Waals surface area contributed by atoms with Crippen LogP contribution in [0.15, 0.2) is 41.4 Å². The quantitative estimate of drug-likeness (QED) is 0.807. The standard InChI is InChI=1S/C19H29N3O2S/c1-14(2)22(15(3)4)25(23,24)17-13-21(16-11-9-8-10-12-16)20-18(17)19(5,6)7/h8-15H,1-7H3. The van der Waals surface area contributed by atoms with Crippen molar-refractivity contribution in [3.63, 3.8) is 0 Å². The molecule has 138 valence electrons. The van der Waals surface area contributed by atoms with Gasteiger partial charge in [0, 0.05) is 17.5 Å². The van der Waals surface area contributed by atoms with E-state index in [1.54, 1.807) is 15.2 Å². The first-order valence-corrected chi connectivity index (χ1v) is 10.1. The third kappa shape index (κ3) is 3.96. The van der Waals surface area contributed by atoms with E-state index >= 15 is 0 Å². The summed E-state index contributed by atoms with van der Waals surface area (Å²) in [6.07, 6.45) is 1.64. The fourth-order valence-electron chi connectivity index (χ4n) is 3.04. The molecule has 0 N–H and O–H groups in total. The number of para-hydroxylation sites is 1. The number of hydrogen-bond acceptors (Lipinski definition) is 3. The second kappa shape index (κ2) is 6.92. The van der Waals surface area contributed by atoms with E-state index in [1.165, 1.54) is 0 Å². The Balaban J connectivity index is 2.69. The van der Waals surface area contributed by atoms with Gasteiger partial charge in [-0.15, -0.1) is 0 Å². The number of benzene rings is 1. The van der Waals surface area contributed by atoms with Gasteiger partial charge in [-0.25, -0.2) is 13.1 Å². The highest BCUT2D eigenvalue weighted by Crippen LogP contribution is 2.32. The van der Waals surface area contributed by atoms with Gasteiger partial charge >= 0.3 is 0 Å². The molecule has 0 unspecified atom stereocenters. The molecule has 0 saturated carbocycles. The molecule has 6 heteroatoms. The van der Waals surface area contributed by atoms with E-state index in [0.717, 1.165) is 5.69 Å². The number of aromatic nitrogens is 2. The summed E-state index contributed by atoms with van der Waals surface area (Å²) in [5.74, 6) is 0. The highest BCUT2D eigenvalue weighted by molar-refractivity contribution is 7.89. The normalized spacial score (nSPS) is 13.2. The van der Waals surface area contributed by atoms with E-state index in [0.29, 0.717) is 5.69 Å². The molecule has 0 amide bonds. The summed E-state index contributed by atoms with van der Waals surface area (Å²) in [7, 11) is -3.65. The third-order valence-corrected chi connectivity index (χ3v) is 6.24. The van der Waals surface area contributed by atoms with Crippen molar-refractivity contribution in [2.45, 2.75) is 70.9 Å². The molecule has 1 aromatic carbocycles. The first kappa shape index (κ1) is 19.7. The molecule has 1 aromatic heterocycles. The van der Waals surface area contributed by atoms with Crippen LogP contribution in [0.4, 0.5) is 0 Å². The van der Waals surface area contributed by atoms with E-state index in [2.05, 4.69) is 5.10 Å². The van der Waals surface area contributed by atoms with Gasteiger partial charge in [0.1, 0.15) is 4.90 Å². The van der Waals surface area contributed by atoms with Crippen molar-refractivity contribution < 1.29 is 8.42 Å². The molecular weight excluding hydrogens is 334 g/mol. The number of hydrogen-bond donors (Lipinski definition) is 0. The largest absolute Gasteiger partial charge is 0.246 e. The van der Waals surface area contributed by atoms with Gasteiger partial charge in [-0.2, -0.15) is 9.40 Å². The van der Waals surface area contributed by atoms with Crippen molar-refractivity contribution in [2.24, 2.45) is 0 Å². The molecule has 0 fully saturated rings. The molecule has 25 heavy (non-hydrogen) atoms. The maximum absolute atomic E-state index is 13.4. The van der Waals surface area contributed by atoms with Crippen LogP contribution in [0.2, 0.25) is 0 Å². The summed E-state index contributed by atoms with van der Waals surface area (Å²) >= 11 is 0. The van der Waals surface area contributed by atoms with Crippen LogP contribution in [-0.4, -0.2) is 34.6 Å². The van der Waals surface area contributed by atoms with Crippen LogP contribution in [0.25, 0.3) is 5.69 Å². The minimum absolute atomic E-state index is 0.127.